The van der Waals surface area contributed by atoms with E-state index in [9.17, 15) is 14.4 Å². The lowest BCUT2D eigenvalue weighted by molar-refractivity contribution is -0.130. The van der Waals surface area contributed by atoms with E-state index in [1.54, 1.807) is 11.0 Å². The molecule has 0 aliphatic carbocycles. The molecule has 2 heterocycles. The molecule has 0 spiro atoms. The number of nitrogens with one attached hydrogen (secondary N) is 2. The fraction of sp³-hybridized carbons (Fsp3) is 0.353. The Morgan fingerprint density at radius 3 is 2.74 bits per heavy atom. The second-order valence-electron chi connectivity index (χ2n) is 5.85. The fourth-order valence-corrected chi connectivity index (χ4v) is 3.03. The third kappa shape index (κ3) is 3.11. The maximum absolute atomic E-state index is 12.4. The van der Waals surface area contributed by atoms with Crippen molar-refractivity contribution in [1.82, 2.24) is 10.2 Å². The summed E-state index contributed by atoms with van der Waals surface area (Å²) in [5, 5.41) is 5.63. The highest BCUT2D eigenvalue weighted by molar-refractivity contribution is 6.00. The van der Waals surface area contributed by atoms with Gasteiger partial charge in [0.1, 0.15) is 0 Å². The van der Waals surface area contributed by atoms with Crippen LogP contribution >= 0.6 is 0 Å². The molecule has 0 bridgehead atoms. The molecule has 2 aliphatic heterocycles. The van der Waals surface area contributed by atoms with Gasteiger partial charge in [0.2, 0.25) is 11.8 Å². The molecule has 6 nitrogen and oxygen atoms in total. The van der Waals surface area contributed by atoms with Gasteiger partial charge >= 0.3 is 0 Å². The van der Waals surface area contributed by atoms with E-state index in [1.807, 2.05) is 12.1 Å². The summed E-state index contributed by atoms with van der Waals surface area (Å²) in [6.45, 7) is 5.15. The smallest absolute Gasteiger partial charge is 0.251 e. The minimum absolute atomic E-state index is 0.0611. The highest BCUT2D eigenvalue weighted by Gasteiger charge is 2.27. The molecule has 1 aromatic carbocycles. The molecular weight excluding hydrogens is 294 g/mol. The number of fused-ring (bicyclic) bond motifs is 1. The number of nitrogens with zero attached hydrogens (tertiary/aromatic N) is 1. The number of carbonyl (C=O) groups is 3. The first-order chi connectivity index (χ1) is 11.1. The van der Waals surface area contributed by atoms with E-state index in [0.29, 0.717) is 43.7 Å². The predicted octanol–water partition coefficient (Wildman–Crippen LogP) is 1.29. The second-order valence-corrected chi connectivity index (χ2v) is 5.85. The summed E-state index contributed by atoms with van der Waals surface area (Å²) in [7, 11) is 0. The number of hydrogen-bond acceptors (Lipinski definition) is 3. The van der Waals surface area contributed by atoms with Gasteiger partial charge in [-0.3, -0.25) is 14.4 Å². The van der Waals surface area contributed by atoms with Gasteiger partial charge in [-0.1, -0.05) is 12.6 Å². The summed E-state index contributed by atoms with van der Waals surface area (Å²) in [5.74, 6) is -0.374. The van der Waals surface area contributed by atoms with Crippen LogP contribution in [0.1, 0.15) is 28.8 Å². The predicted molar refractivity (Wildman–Crippen MR) is 85.7 cm³/mol. The van der Waals surface area contributed by atoms with Crippen LogP contribution in [0, 0.1) is 5.92 Å². The Morgan fingerprint density at radius 2 is 2.04 bits per heavy atom. The number of benzene rings is 1. The molecule has 1 aromatic rings. The van der Waals surface area contributed by atoms with E-state index >= 15 is 0 Å². The summed E-state index contributed by atoms with van der Waals surface area (Å²) in [4.78, 5) is 37.3. The number of likely N-dealkylation sites (tertiary alicyclic amines) is 1. The maximum atomic E-state index is 12.4. The summed E-state index contributed by atoms with van der Waals surface area (Å²) in [5.41, 5.74) is 2.20. The Morgan fingerprint density at radius 1 is 1.30 bits per heavy atom. The van der Waals surface area contributed by atoms with E-state index in [4.69, 9.17) is 0 Å². The zero-order valence-electron chi connectivity index (χ0n) is 12.8. The average molecular weight is 313 g/mol. The van der Waals surface area contributed by atoms with Gasteiger partial charge in [-0.2, -0.15) is 0 Å². The topological polar surface area (TPSA) is 78.5 Å². The highest BCUT2D eigenvalue weighted by Crippen LogP contribution is 2.23. The first kappa shape index (κ1) is 15.3. The molecule has 23 heavy (non-hydrogen) atoms. The molecule has 0 aromatic heterocycles. The van der Waals surface area contributed by atoms with Gasteiger partial charge in [-0.15, -0.1) is 0 Å². The van der Waals surface area contributed by atoms with Gasteiger partial charge in [-0.05, 0) is 36.6 Å². The van der Waals surface area contributed by atoms with Crippen LogP contribution in [0.15, 0.2) is 30.9 Å². The van der Waals surface area contributed by atoms with Crippen LogP contribution in [0.25, 0.3) is 0 Å². The summed E-state index contributed by atoms with van der Waals surface area (Å²) >= 11 is 0. The molecule has 0 radical (unpaired) electrons. The van der Waals surface area contributed by atoms with Crippen molar-refractivity contribution in [2.75, 3.05) is 18.4 Å². The van der Waals surface area contributed by atoms with Crippen molar-refractivity contribution in [3.63, 3.8) is 0 Å². The van der Waals surface area contributed by atoms with Gasteiger partial charge in [0, 0.05) is 36.8 Å². The summed E-state index contributed by atoms with van der Waals surface area (Å²) < 4.78 is 0. The van der Waals surface area contributed by atoms with Gasteiger partial charge in [0.15, 0.2) is 0 Å². The van der Waals surface area contributed by atoms with Gasteiger partial charge < -0.3 is 15.5 Å². The minimum Gasteiger partial charge on any atom is -0.348 e. The molecule has 1 fully saturated rings. The van der Waals surface area contributed by atoms with Crippen molar-refractivity contribution >= 4 is 23.4 Å². The molecule has 0 atom stereocenters. The zero-order chi connectivity index (χ0) is 16.4. The number of piperidine rings is 1. The Hall–Kier alpha value is -2.63. The molecule has 3 rings (SSSR count). The molecule has 120 valence electrons. The van der Waals surface area contributed by atoms with Crippen LogP contribution in [0.5, 0.6) is 0 Å². The first-order valence-corrected chi connectivity index (χ1v) is 7.72. The molecular formula is C17H19N3O3. The van der Waals surface area contributed by atoms with Crippen LogP contribution in [0.3, 0.4) is 0 Å². The quantitative estimate of drug-likeness (QED) is 0.826. The van der Waals surface area contributed by atoms with E-state index in [2.05, 4.69) is 17.2 Å². The van der Waals surface area contributed by atoms with E-state index in [1.165, 1.54) is 6.08 Å². The molecule has 2 aliphatic rings. The number of amides is 3. The van der Waals surface area contributed by atoms with Crippen molar-refractivity contribution in [3.05, 3.63) is 42.0 Å². The lowest BCUT2D eigenvalue weighted by Gasteiger charge is -2.30. The lowest BCUT2D eigenvalue weighted by Crippen LogP contribution is -2.40. The van der Waals surface area contributed by atoms with Gasteiger partial charge in [0.25, 0.3) is 5.91 Å². The Bertz CT molecular complexity index is 676. The zero-order valence-corrected chi connectivity index (χ0v) is 12.8. The third-order valence-corrected chi connectivity index (χ3v) is 4.41. The lowest BCUT2D eigenvalue weighted by atomic mass is 9.95. The summed E-state index contributed by atoms with van der Waals surface area (Å²) in [6.07, 6.45) is 2.57. The maximum Gasteiger partial charge on any atom is 0.251 e. The summed E-state index contributed by atoms with van der Waals surface area (Å²) in [6, 6.07) is 5.38. The molecule has 1 saturated heterocycles. The standard InChI is InChI=1S/C17H19N3O3/c1-2-15(21)20-7-5-11(6-8-20)16(22)19-13-4-3-12-10-18-17(23)14(12)9-13/h2-4,9,11H,1,5-8,10H2,(H,18,23)(H,19,22). The molecule has 6 heteroatoms. The van der Waals surface area contributed by atoms with Crippen molar-refractivity contribution < 1.29 is 14.4 Å². The Kier molecular flexibility index (Phi) is 4.14. The number of hydrogen-bond donors (Lipinski definition) is 2. The van der Waals surface area contributed by atoms with Crippen LogP contribution < -0.4 is 10.6 Å². The normalized spacial score (nSPS) is 17.4. The number of anilines is 1. The largest absolute Gasteiger partial charge is 0.348 e. The molecule has 3 amide bonds. The minimum atomic E-state index is -0.119. The third-order valence-electron chi connectivity index (χ3n) is 4.41. The molecule has 2 N–H and O–H groups in total. The van der Waals surface area contributed by atoms with Gasteiger partial charge in [-0.25, -0.2) is 0 Å². The van der Waals surface area contributed by atoms with E-state index in [-0.39, 0.29) is 23.6 Å². The van der Waals surface area contributed by atoms with Crippen molar-refractivity contribution in [3.8, 4) is 0 Å². The van der Waals surface area contributed by atoms with Crippen LogP contribution in [0.4, 0.5) is 5.69 Å². The Labute approximate surface area is 134 Å². The first-order valence-electron chi connectivity index (χ1n) is 7.72. The van der Waals surface area contributed by atoms with Crippen LogP contribution in [-0.4, -0.2) is 35.7 Å². The van der Waals surface area contributed by atoms with Crippen LogP contribution in [-0.2, 0) is 16.1 Å². The van der Waals surface area contributed by atoms with Crippen molar-refractivity contribution in [1.29, 1.82) is 0 Å². The fourth-order valence-electron chi connectivity index (χ4n) is 3.03. The van der Waals surface area contributed by atoms with E-state index < -0.39 is 0 Å². The average Bonchev–Trinajstić information content (AvgIpc) is 2.95. The monoisotopic (exact) mass is 313 g/mol. The number of rotatable bonds is 3. The van der Waals surface area contributed by atoms with E-state index in [0.717, 1.165) is 5.56 Å². The van der Waals surface area contributed by atoms with Crippen molar-refractivity contribution in [2.45, 2.75) is 19.4 Å². The Balaban J connectivity index is 1.60. The van der Waals surface area contributed by atoms with Crippen LogP contribution in [0.2, 0.25) is 0 Å². The SMILES string of the molecule is C=CC(=O)N1CCC(C(=O)Nc2ccc3c(c2)C(=O)NC3)CC1. The second kappa shape index (κ2) is 6.24. The molecule has 0 saturated carbocycles. The highest BCUT2D eigenvalue weighted by atomic mass is 16.2. The number of carbonyl (C=O) groups excluding carboxylic acids is 3. The van der Waals surface area contributed by atoms with Gasteiger partial charge in [0.05, 0.1) is 0 Å². The molecule has 0 unspecified atom stereocenters. The van der Waals surface area contributed by atoms with Crippen molar-refractivity contribution in [2.24, 2.45) is 5.92 Å².